The molecule has 0 amide bonds. The molecule has 0 bridgehead atoms. The number of ether oxygens (including phenoxy) is 3. The van der Waals surface area contributed by atoms with E-state index in [-0.39, 0.29) is 37.1 Å². The van der Waals surface area contributed by atoms with Crippen molar-refractivity contribution < 1.29 is 24.1 Å². The van der Waals surface area contributed by atoms with Gasteiger partial charge in [-0.25, -0.2) is 9.78 Å². The third kappa shape index (κ3) is 5.82. The molecule has 0 saturated heterocycles. The number of rotatable bonds is 8. The zero-order chi connectivity index (χ0) is 28.8. The van der Waals surface area contributed by atoms with E-state index in [1.807, 2.05) is 12.1 Å². The number of aliphatic hydroxyl groups excluding tert-OH is 1. The Bertz CT molecular complexity index is 1700. The Morgan fingerprint density at radius 2 is 1.93 bits per heavy atom. The second kappa shape index (κ2) is 12.2. The van der Waals surface area contributed by atoms with Crippen molar-refractivity contribution in [2.45, 2.75) is 19.9 Å². The fourth-order valence-electron chi connectivity index (χ4n) is 4.26. The van der Waals surface area contributed by atoms with Gasteiger partial charge in [-0.1, -0.05) is 11.8 Å². The highest BCUT2D eigenvalue weighted by Crippen LogP contribution is 2.33. The summed E-state index contributed by atoms with van der Waals surface area (Å²) < 4.78 is 17.8. The van der Waals surface area contributed by atoms with Gasteiger partial charge in [0, 0.05) is 41.9 Å². The number of carbonyl (C=O) groups is 1. The Morgan fingerprint density at radius 1 is 1.12 bits per heavy atom. The maximum atomic E-state index is 13.0. The minimum Gasteiger partial charge on any atom is -0.493 e. The van der Waals surface area contributed by atoms with E-state index in [4.69, 9.17) is 25.7 Å². The largest absolute Gasteiger partial charge is 0.493 e. The number of pyridine rings is 1. The predicted molar refractivity (Wildman–Crippen MR) is 150 cm³/mol. The second-order valence-corrected chi connectivity index (χ2v) is 8.69. The molecule has 40 heavy (non-hydrogen) atoms. The van der Waals surface area contributed by atoms with Crippen molar-refractivity contribution in [3.63, 3.8) is 0 Å². The molecular weight excluding hydrogens is 514 g/mol. The molecule has 0 aliphatic carbocycles. The van der Waals surface area contributed by atoms with Crippen LogP contribution in [0.3, 0.4) is 0 Å². The molecule has 2 aromatic carbocycles. The Morgan fingerprint density at radius 3 is 2.60 bits per heavy atom. The smallest absolute Gasteiger partial charge is 0.343 e. The lowest BCUT2D eigenvalue weighted by atomic mass is 10.0. The first-order valence-electron chi connectivity index (χ1n) is 12.4. The van der Waals surface area contributed by atoms with Crippen molar-refractivity contribution in [1.82, 2.24) is 14.5 Å². The van der Waals surface area contributed by atoms with E-state index in [1.54, 1.807) is 35.9 Å². The molecule has 0 saturated carbocycles. The fraction of sp³-hybridized carbons (Fsp3) is 0.241. The van der Waals surface area contributed by atoms with Gasteiger partial charge < -0.3 is 35.4 Å². The molecule has 4 aromatic rings. The van der Waals surface area contributed by atoms with Crippen molar-refractivity contribution in [2.24, 2.45) is 0 Å². The van der Waals surface area contributed by atoms with Gasteiger partial charge in [-0.2, -0.15) is 4.98 Å². The molecule has 0 fully saturated rings. The van der Waals surface area contributed by atoms with Crippen LogP contribution in [-0.2, 0) is 17.7 Å². The number of hydrogen-bond donors (Lipinski definition) is 3. The first-order valence-corrected chi connectivity index (χ1v) is 12.4. The van der Waals surface area contributed by atoms with Crippen molar-refractivity contribution in [1.29, 1.82) is 0 Å². The van der Waals surface area contributed by atoms with E-state index in [2.05, 4.69) is 21.8 Å². The number of nitrogens with two attached hydrogens (primary N) is 2. The van der Waals surface area contributed by atoms with E-state index in [0.717, 1.165) is 5.56 Å². The van der Waals surface area contributed by atoms with Gasteiger partial charge >= 0.3 is 5.97 Å². The van der Waals surface area contributed by atoms with E-state index in [9.17, 15) is 14.7 Å². The Hall–Kier alpha value is -5.08. The molecule has 11 heteroatoms. The monoisotopic (exact) mass is 543 g/mol. The lowest BCUT2D eigenvalue weighted by Crippen LogP contribution is -2.21. The van der Waals surface area contributed by atoms with E-state index >= 15 is 0 Å². The summed E-state index contributed by atoms with van der Waals surface area (Å²) in [4.78, 5) is 33.4. The number of esters is 1. The zero-order valence-corrected chi connectivity index (χ0v) is 22.4. The lowest BCUT2D eigenvalue weighted by Gasteiger charge is -2.13. The average molecular weight is 544 g/mol. The molecule has 4 rings (SSSR count). The minimum atomic E-state index is -0.710. The second-order valence-electron chi connectivity index (χ2n) is 8.69. The van der Waals surface area contributed by atoms with E-state index in [1.165, 1.54) is 20.4 Å². The van der Waals surface area contributed by atoms with Crippen LogP contribution in [0, 0.1) is 11.8 Å². The Labute approximate surface area is 230 Å². The highest BCUT2D eigenvalue weighted by Gasteiger charge is 2.17. The molecule has 0 atom stereocenters. The molecule has 2 aromatic heterocycles. The maximum absolute atomic E-state index is 13.0. The van der Waals surface area contributed by atoms with Crippen LogP contribution in [0.4, 0.5) is 11.8 Å². The summed E-state index contributed by atoms with van der Waals surface area (Å²) >= 11 is 0. The summed E-state index contributed by atoms with van der Waals surface area (Å²) in [5, 5.41) is 9.90. The number of methoxy groups -OCH3 is 2. The van der Waals surface area contributed by atoms with Crippen LogP contribution in [0.25, 0.3) is 10.9 Å². The molecule has 0 unspecified atom stereocenters. The van der Waals surface area contributed by atoms with Gasteiger partial charge in [0.1, 0.15) is 11.4 Å². The normalized spacial score (nSPS) is 10.6. The summed E-state index contributed by atoms with van der Waals surface area (Å²) in [5.41, 5.74) is 14.3. The molecule has 0 radical (unpaired) electrons. The average Bonchev–Trinajstić information content (AvgIpc) is 2.94. The van der Waals surface area contributed by atoms with Gasteiger partial charge in [-0.05, 0) is 42.8 Å². The van der Waals surface area contributed by atoms with Crippen LogP contribution in [0.5, 0.6) is 11.5 Å². The summed E-state index contributed by atoms with van der Waals surface area (Å²) in [7, 11) is 3.06. The third-order valence-electron chi connectivity index (χ3n) is 6.11. The fourth-order valence-corrected chi connectivity index (χ4v) is 4.26. The highest BCUT2D eigenvalue weighted by molar-refractivity contribution is 5.94. The van der Waals surface area contributed by atoms with Crippen molar-refractivity contribution in [3.8, 4) is 23.3 Å². The van der Waals surface area contributed by atoms with Crippen molar-refractivity contribution in [2.75, 3.05) is 38.9 Å². The van der Waals surface area contributed by atoms with Crippen LogP contribution in [0.1, 0.15) is 39.5 Å². The van der Waals surface area contributed by atoms with Gasteiger partial charge in [-0.3, -0.25) is 4.79 Å². The van der Waals surface area contributed by atoms with Crippen LogP contribution >= 0.6 is 0 Å². The minimum absolute atomic E-state index is 0.0945. The number of hydrogen-bond acceptors (Lipinski definition) is 10. The van der Waals surface area contributed by atoms with Gasteiger partial charge in [-0.15, -0.1) is 0 Å². The first kappa shape index (κ1) is 27.9. The molecule has 11 nitrogen and oxygen atoms in total. The molecule has 0 aliphatic rings. The van der Waals surface area contributed by atoms with Gasteiger partial charge in [0.05, 0.1) is 38.5 Å². The van der Waals surface area contributed by atoms with Crippen LogP contribution in [0.15, 0.2) is 47.5 Å². The molecule has 0 aliphatic heterocycles. The van der Waals surface area contributed by atoms with Crippen molar-refractivity contribution in [3.05, 3.63) is 80.8 Å². The summed E-state index contributed by atoms with van der Waals surface area (Å²) in [5.74, 6) is 6.86. The number of fused-ring (bicyclic) bond motifs is 1. The number of benzene rings is 2. The Kier molecular flexibility index (Phi) is 8.51. The van der Waals surface area contributed by atoms with Gasteiger partial charge in [0.15, 0.2) is 11.5 Å². The topological polar surface area (TPSA) is 165 Å². The standard InChI is InChI=1S/C29H29N5O6/c1-4-40-28(37)22-16-34(9-10-35)23-13-17(6-8-21(23)25(22)36)5-7-19-11-18(14-24(38-2)26(19)39-3)12-20-15-32-29(31)33-27(20)30/h6,8,11,13-16,35H,4,9-10,12H2,1-3H3,(H4,30,31,32,33). The van der Waals surface area contributed by atoms with Gasteiger partial charge in [0.25, 0.3) is 0 Å². The molecule has 0 spiro atoms. The Balaban J connectivity index is 1.78. The van der Waals surface area contributed by atoms with Crippen LogP contribution < -0.4 is 26.4 Å². The number of aromatic nitrogens is 3. The van der Waals surface area contributed by atoms with E-state index in [0.29, 0.717) is 45.5 Å². The zero-order valence-electron chi connectivity index (χ0n) is 22.4. The van der Waals surface area contributed by atoms with Crippen LogP contribution in [-0.4, -0.2) is 53.0 Å². The van der Waals surface area contributed by atoms with Crippen LogP contribution in [0.2, 0.25) is 0 Å². The molecule has 5 N–H and O–H groups in total. The molecule has 2 heterocycles. The first-order chi connectivity index (χ1) is 19.3. The molecular formula is C29H29N5O6. The SMILES string of the molecule is CCOC(=O)c1cn(CCO)c2cc(C#Cc3cc(Cc4cnc(N)nc4N)cc(OC)c3OC)ccc2c1=O. The predicted octanol–water partition coefficient (Wildman–Crippen LogP) is 2.13. The summed E-state index contributed by atoms with van der Waals surface area (Å²) in [6.45, 7) is 1.79. The third-order valence-corrected chi connectivity index (χ3v) is 6.11. The van der Waals surface area contributed by atoms with E-state index < -0.39 is 11.4 Å². The maximum Gasteiger partial charge on any atom is 0.343 e. The summed E-state index contributed by atoms with van der Waals surface area (Å²) in [6.07, 6.45) is 3.39. The molecule has 206 valence electrons. The number of nitrogens with zero attached hydrogens (tertiary/aromatic N) is 3. The number of nitrogen functional groups attached to an aromatic ring is 2. The lowest BCUT2D eigenvalue weighted by molar-refractivity contribution is 0.0524. The number of carbonyl (C=O) groups excluding carboxylic acids is 1. The van der Waals surface area contributed by atoms with Gasteiger partial charge in [0.2, 0.25) is 11.4 Å². The highest BCUT2D eigenvalue weighted by atomic mass is 16.5. The summed E-state index contributed by atoms with van der Waals surface area (Å²) in [6, 6.07) is 8.71. The van der Waals surface area contributed by atoms with Crippen molar-refractivity contribution >= 4 is 28.6 Å². The number of aliphatic hydroxyl groups is 1. The number of anilines is 2. The quantitative estimate of drug-likeness (QED) is 0.221.